The number of Topliss-reactive ketones (excluding diaryl/α,β-unsaturated/α-hetero) is 1. The summed E-state index contributed by atoms with van der Waals surface area (Å²) in [6.45, 7) is 1.68. The predicted octanol–water partition coefficient (Wildman–Crippen LogP) is 2.87. The number of alkyl halides is 2. The summed E-state index contributed by atoms with van der Waals surface area (Å²) >= 11 is 11.8. The van der Waals surface area contributed by atoms with E-state index in [0.29, 0.717) is 30.2 Å². The van der Waals surface area contributed by atoms with Crippen LogP contribution in [0.25, 0.3) is 0 Å². The van der Waals surface area contributed by atoms with E-state index in [1.54, 1.807) is 12.1 Å². The van der Waals surface area contributed by atoms with Crippen LogP contribution >= 0.6 is 23.2 Å². The third-order valence-electron chi connectivity index (χ3n) is 4.74. The largest absolute Gasteiger partial charge is 0.347 e. The van der Waals surface area contributed by atoms with Gasteiger partial charge in [-0.25, -0.2) is 0 Å². The van der Waals surface area contributed by atoms with Crippen molar-refractivity contribution < 1.29 is 9.59 Å². The molecule has 1 aromatic carbocycles. The van der Waals surface area contributed by atoms with E-state index in [1.165, 1.54) is 0 Å². The lowest BCUT2D eigenvalue weighted by atomic mass is 10.0. The van der Waals surface area contributed by atoms with Gasteiger partial charge >= 0.3 is 0 Å². The summed E-state index contributed by atoms with van der Waals surface area (Å²) in [7, 11) is 0. The quantitative estimate of drug-likeness (QED) is 0.643. The maximum absolute atomic E-state index is 12.6. The molecule has 0 spiro atoms. The van der Waals surface area contributed by atoms with Crippen LogP contribution in [0.4, 0.5) is 0 Å². The number of benzene rings is 1. The first-order valence-corrected chi connectivity index (χ1v) is 9.14. The van der Waals surface area contributed by atoms with Crippen LogP contribution in [0.5, 0.6) is 0 Å². The molecule has 0 saturated heterocycles. The Hall–Kier alpha value is -1.36. The number of carbonyl (C=O) groups excluding carboxylic acids is 2. The molecule has 2 unspecified atom stereocenters. The predicted molar refractivity (Wildman–Crippen MR) is 95.6 cm³/mol. The lowest BCUT2D eigenvalue weighted by Crippen LogP contribution is -2.48. The van der Waals surface area contributed by atoms with E-state index in [1.807, 2.05) is 6.07 Å². The zero-order valence-electron chi connectivity index (χ0n) is 13.3. The average Bonchev–Trinajstić information content (AvgIpc) is 3.23. The van der Waals surface area contributed by atoms with Crippen LogP contribution in [0, 0.1) is 0 Å². The minimum Gasteiger partial charge on any atom is -0.347 e. The number of nitrogens with zero attached hydrogens (tertiary/aromatic N) is 1. The van der Waals surface area contributed by atoms with Crippen LogP contribution in [0.15, 0.2) is 30.4 Å². The van der Waals surface area contributed by atoms with Gasteiger partial charge in [0.2, 0.25) is 0 Å². The van der Waals surface area contributed by atoms with Gasteiger partial charge in [0.1, 0.15) is 5.78 Å². The molecule has 1 aliphatic carbocycles. The van der Waals surface area contributed by atoms with Gasteiger partial charge in [-0.2, -0.15) is 0 Å². The zero-order valence-corrected chi connectivity index (χ0v) is 14.8. The molecule has 1 aliphatic heterocycles. The van der Waals surface area contributed by atoms with Gasteiger partial charge in [-0.1, -0.05) is 18.2 Å². The van der Waals surface area contributed by atoms with Crippen molar-refractivity contribution in [3.63, 3.8) is 0 Å². The molecule has 0 bridgehead atoms. The second-order valence-electron chi connectivity index (χ2n) is 6.27. The standard InChI is InChI=1S/C18H20Cl2N2O2/c19-10-13-4-3-12(7-14(13)11-20)18(24)21-16-8-15(23)9-17(16)22-5-1-2-6-22/h1-4,7,16-17H,5-6,8-11H2,(H,21,24). The summed E-state index contributed by atoms with van der Waals surface area (Å²) in [4.78, 5) is 26.7. The van der Waals surface area contributed by atoms with Gasteiger partial charge in [0.05, 0.1) is 6.04 Å². The monoisotopic (exact) mass is 366 g/mol. The molecule has 0 aromatic heterocycles. The molecule has 2 atom stereocenters. The lowest BCUT2D eigenvalue weighted by Gasteiger charge is -2.29. The van der Waals surface area contributed by atoms with Gasteiger partial charge in [0, 0.05) is 49.3 Å². The molecule has 1 saturated carbocycles. The molecule has 1 amide bonds. The summed E-state index contributed by atoms with van der Waals surface area (Å²) < 4.78 is 0. The fourth-order valence-electron chi connectivity index (χ4n) is 3.41. The highest BCUT2D eigenvalue weighted by molar-refractivity contribution is 6.18. The number of hydrogen-bond acceptors (Lipinski definition) is 3. The Morgan fingerprint density at radius 1 is 1.12 bits per heavy atom. The van der Waals surface area contributed by atoms with E-state index in [4.69, 9.17) is 23.2 Å². The van der Waals surface area contributed by atoms with Gasteiger partial charge in [-0.3, -0.25) is 14.5 Å². The van der Waals surface area contributed by atoms with Gasteiger partial charge in [-0.15, -0.1) is 23.2 Å². The molecule has 1 fully saturated rings. The van der Waals surface area contributed by atoms with E-state index >= 15 is 0 Å². The topological polar surface area (TPSA) is 49.4 Å². The van der Waals surface area contributed by atoms with Crippen LogP contribution in [0.1, 0.15) is 34.3 Å². The number of hydrogen-bond donors (Lipinski definition) is 1. The van der Waals surface area contributed by atoms with Crippen molar-refractivity contribution in [1.82, 2.24) is 10.2 Å². The van der Waals surface area contributed by atoms with Crippen LogP contribution in [0.2, 0.25) is 0 Å². The molecular weight excluding hydrogens is 347 g/mol. The Morgan fingerprint density at radius 2 is 1.83 bits per heavy atom. The second-order valence-corrected chi connectivity index (χ2v) is 6.80. The number of ketones is 1. The number of nitrogens with one attached hydrogen (secondary N) is 1. The van der Waals surface area contributed by atoms with Crippen molar-refractivity contribution in [3.05, 3.63) is 47.0 Å². The highest BCUT2D eigenvalue weighted by Crippen LogP contribution is 2.24. The number of carbonyl (C=O) groups is 2. The van der Waals surface area contributed by atoms with E-state index in [-0.39, 0.29) is 23.8 Å². The summed E-state index contributed by atoms with van der Waals surface area (Å²) in [6, 6.07) is 5.31. The Balaban J connectivity index is 1.72. The Labute approximate surface area is 151 Å². The van der Waals surface area contributed by atoms with Gasteiger partial charge < -0.3 is 5.32 Å². The van der Waals surface area contributed by atoms with Crippen LogP contribution in [-0.4, -0.2) is 41.8 Å². The van der Waals surface area contributed by atoms with Gasteiger partial charge in [-0.05, 0) is 23.3 Å². The third-order valence-corrected chi connectivity index (χ3v) is 5.31. The Morgan fingerprint density at radius 3 is 2.50 bits per heavy atom. The molecule has 24 heavy (non-hydrogen) atoms. The minimum atomic E-state index is -0.167. The summed E-state index contributed by atoms with van der Waals surface area (Å²) in [5.41, 5.74) is 2.35. The maximum atomic E-state index is 12.6. The highest BCUT2D eigenvalue weighted by atomic mass is 35.5. The molecule has 3 rings (SSSR count). The van der Waals surface area contributed by atoms with E-state index in [9.17, 15) is 9.59 Å². The molecule has 6 heteroatoms. The number of rotatable bonds is 5. The number of amides is 1. The van der Waals surface area contributed by atoms with Crippen molar-refractivity contribution in [2.45, 2.75) is 36.7 Å². The number of halogens is 2. The minimum absolute atomic E-state index is 0.0751. The van der Waals surface area contributed by atoms with Crippen molar-refractivity contribution in [1.29, 1.82) is 0 Å². The third kappa shape index (κ3) is 3.66. The molecule has 4 nitrogen and oxygen atoms in total. The molecule has 2 aliphatic rings. The summed E-state index contributed by atoms with van der Waals surface area (Å²) in [5.74, 6) is 0.716. The van der Waals surface area contributed by atoms with E-state index in [2.05, 4.69) is 22.4 Å². The first kappa shape index (κ1) is 17.5. The van der Waals surface area contributed by atoms with Crippen molar-refractivity contribution in [2.24, 2.45) is 0 Å². The highest BCUT2D eigenvalue weighted by Gasteiger charge is 2.38. The summed E-state index contributed by atoms with van der Waals surface area (Å²) in [6.07, 6.45) is 5.10. The fraction of sp³-hybridized carbons (Fsp3) is 0.444. The van der Waals surface area contributed by atoms with Crippen molar-refractivity contribution in [2.75, 3.05) is 13.1 Å². The van der Waals surface area contributed by atoms with Crippen molar-refractivity contribution in [3.8, 4) is 0 Å². The summed E-state index contributed by atoms with van der Waals surface area (Å²) in [5, 5.41) is 3.04. The van der Waals surface area contributed by atoms with E-state index in [0.717, 1.165) is 24.2 Å². The fourth-order valence-corrected chi connectivity index (χ4v) is 3.92. The molecule has 0 radical (unpaired) electrons. The Kier molecular flexibility index (Phi) is 5.59. The second kappa shape index (κ2) is 7.68. The van der Waals surface area contributed by atoms with Crippen molar-refractivity contribution >= 4 is 34.9 Å². The van der Waals surface area contributed by atoms with Crippen LogP contribution in [0.3, 0.4) is 0 Å². The maximum Gasteiger partial charge on any atom is 0.251 e. The van der Waals surface area contributed by atoms with Gasteiger partial charge in [0.25, 0.3) is 5.91 Å². The zero-order chi connectivity index (χ0) is 17.1. The first-order valence-electron chi connectivity index (χ1n) is 8.07. The molecule has 1 heterocycles. The first-order chi connectivity index (χ1) is 11.6. The van der Waals surface area contributed by atoms with Gasteiger partial charge in [0.15, 0.2) is 0 Å². The molecule has 1 aromatic rings. The molecular formula is C18H20Cl2N2O2. The lowest BCUT2D eigenvalue weighted by molar-refractivity contribution is -0.117. The van der Waals surface area contributed by atoms with Crippen LogP contribution in [-0.2, 0) is 16.6 Å². The van der Waals surface area contributed by atoms with E-state index < -0.39 is 0 Å². The normalized spacial score (nSPS) is 23.8. The molecule has 128 valence electrons. The average molecular weight is 367 g/mol. The Bertz CT molecular complexity index is 667. The molecule has 1 N–H and O–H groups in total. The smallest absolute Gasteiger partial charge is 0.251 e. The van der Waals surface area contributed by atoms with Crippen LogP contribution < -0.4 is 5.32 Å². The SMILES string of the molecule is O=C1CC(NC(=O)c2ccc(CCl)c(CCl)c2)C(N2CC=CC2)C1.